The summed E-state index contributed by atoms with van der Waals surface area (Å²) in [6.45, 7) is 5.72. The van der Waals surface area contributed by atoms with Crippen LogP contribution in [0.2, 0.25) is 0 Å². The van der Waals surface area contributed by atoms with Crippen LogP contribution in [0, 0.1) is 0 Å². The predicted octanol–water partition coefficient (Wildman–Crippen LogP) is 3.25. The highest BCUT2D eigenvalue weighted by Gasteiger charge is 2.16. The van der Waals surface area contributed by atoms with E-state index in [1.807, 2.05) is 17.8 Å². The molecule has 3 nitrogen and oxygen atoms in total. The van der Waals surface area contributed by atoms with Crippen LogP contribution >= 0.6 is 11.8 Å². The van der Waals surface area contributed by atoms with Gasteiger partial charge in [0.2, 0.25) is 0 Å². The summed E-state index contributed by atoms with van der Waals surface area (Å²) in [6.07, 6.45) is 3.30. The molecule has 1 heterocycles. The van der Waals surface area contributed by atoms with Gasteiger partial charge in [0.1, 0.15) is 13.2 Å². The lowest BCUT2D eigenvalue weighted by atomic mass is 10.1. The lowest BCUT2D eigenvalue weighted by Crippen LogP contribution is -2.33. The molecule has 0 bridgehead atoms. The normalized spacial score (nSPS) is 17.0. The highest BCUT2D eigenvalue weighted by Crippen LogP contribution is 2.32. The molecule has 19 heavy (non-hydrogen) atoms. The summed E-state index contributed by atoms with van der Waals surface area (Å²) in [5.74, 6) is 2.87. The average Bonchev–Trinajstić information content (AvgIpc) is 2.46. The van der Waals surface area contributed by atoms with Crippen molar-refractivity contribution in [2.24, 2.45) is 0 Å². The Balaban J connectivity index is 2.04. The minimum atomic E-state index is 0.327. The largest absolute Gasteiger partial charge is 0.486 e. The van der Waals surface area contributed by atoms with Crippen molar-refractivity contribution in [3.8, 4) is 11.5 Å². The molecular formula is C15H23NO2S. The summed E-state index contributed by atoms with van der Waals surface area (Å²) in [4.78, 5) is 0. The summed E-state index contributed by atoms with van der Waals surface area (Å²) >= 11 is 1.89. The van der Waals surface area contributed by atoms with E-state index in [0.717, 1.165) is 23.7 Å². The van der Waals surface area contributed by atoms with Crippen molar-refractivity contribution in [1.82, 2.24) is 5.32 Å². The van der Waals surface area contributed by atoms with Crippen LogP contribution in [0.25, 0.3) is 0 Å². The molecule has 1 N–H and O–H groups in total. The molecule has 0 radical (unpaired) electrons. The number of rotatable bonds is 6. The Morgan fingerprint density at radius 1 is 1.26 bits per heavy atom. The molecule has 0 fully saturated rings. The van der Waals surface area contributed by atoms with Gasteiger partial charge in [-0.1, -0.05) is 13.0 Å². The van der Waals surface area contributed by atoms with Crippen molar-refractivity contribution in [3.05, 3.63) is 23.8 Å². The fourth-order valence-electron chi connectivity index (χ4n) is 2.26. The van der Waals surface area contributed by atoms with Crippen molar-refractivity contribution < 1.29 is 9.47 Å². The van der Waals surface area contributed by atoms with Crippen LogP contribution in [-0.2, 0) is 0 Å². The third-order valence-corrected chi connectivity index (χ3v) is 4.15. The maximum atomic E-state index is 5.64. The highest BCUT2D eigenvalue weighted by atomic mass is 32.2. The van der Waals surface area contributed by atoms with Crippen LogP contribution < -0.4 is 14.8 Å². The first-order valence-electron chi connectivity index (χ1n) is 6.89. The highest BCUT2D eigenvalue weighted by molar-refractivity contribution is 7.98. The number of nitrogens with one attached hydrogen (secondary N) is 1. The quantitative estimate of drug-likeness (QED) is 0.867. The zero-order valence-corrected chi connectivity index (χ0v) is 12.8. The number of ether oxygens (including phenoxy) is 2. The van der Waals surface area contributed by atoms with Gasteiger partial charge in [0.25, 0.3) is 0 Å². The standard InChI is InChI=1S/C15H23NO2S/c1-4-13(10-19-3)16-11(2)12-5-6-14-15(9-12)18-8-7-17-14/h5-6,9,11,13,16H,4,7-8,10H2,1-3H3. The molecule has 4 heteroatoms. The third kappa shape index (κ3) is 3.80. The smallest absolute Gasteiger partial charge is 0.161 e. The van der Waals surface area contributed by atoms with E-state index >= 15 is 0 Å². The van der Waals surface area contributed by atoms with Gasteiger partial charge in [0.05, 0.1) is 0 Å². The van der Waals surface area contributed by atoms with Gasteiger partial charge >= 0.3 is 0 Å². The minimum Gasteiger partial charge on any atom is -0.486 e. The average molecular weight is 281 g/mol. The maximum Gasteiger partial charge on any atom is 0.161 e. The number of fused-ring (bicyclic) bond motifs is 1. The van der Waals surface area contributed by atoms with Crippen molar-refractivity contribution in [2.75, 3.05) is 25.2 Å². The van der Waals surface area contributed by atoms with E-state index in [-0.39, 0.29) is 0 Å². The zero-order chi connectivity index (χ0) is 13.7. The fraction of sp³-hybridized carbons (Fsp3) is 0.600. The first-order chi connectivity index (χ1) is 9.24. The Labute approximate surface area is 120 Å². The van der Waals surface area contributed by atoms with E-state index in [4.69, 9.17) is 9.47 Å². The predicted molar refractivity (Wildman–Crippen MR) is 81.4 cm³/mol. The van der Waals surface area contributed by atoms with Crippen molar-refractivity contribution in [2.45, 2.75) is 32.4 Å². The second-order valence-corrected chi connectivity index (χ2v) is 5.76. The number of hydrogen-bond acceptors (Lipinski definition) is 4. The SMILES string of the molecule is CCC(CSC)NC(C)c1ccc2c(c1)OCCO2. The number of thioether (sulfide) groups is 1. The number of benzene rings is 1. The topological polar surface area (TPSA) is 30.5 Å². The lowest BCUT2D eigenvalue weighted by molar-refractivity contribution is 0.171. The summed E-state index contributed by atoms with van der Waals surface area (Å²) in [6, 6.07) is 7.11. The molecule has 106 valence electrons. The van der Waals surface area contributed by atoms with Gasteiger partial charge in [0.15, 0.2) is 11.5 Å². The Kier molecular flexibility index (Phi) is 5.40. The molecule has 0 saturated carbocycles. The van der Waals surface area contributed by atoms with Crippen molar-refractivity contribution in [1.29, 1.82) is 0 Å². The Morgan fingerprint density at radius 2 is 2.00 bits per heavy atom. The molecule has 0 saturated heterocycles. The van der Waals surface area contributed by atoms with E-state index < -0.39 is 0 Å². The minimum absolute atomic E-state index is 0.327. The van der Waals surface area contributed by atoms with E-state index in [1.165, 1.54) is 5.56 Å². The lowest BCUT2D eigenvalue weighted by Gasteiger charge is -2.24. The molecule has 0 aromatic heterocycles. The van der Waals surface area contributed by atoms with Crippen LogP contribution in [0.3, 0.4) is 0 Å². The van der Waals surface area contributed by atoms with Gasteiger partial charge in [-0.25, -0.2) is 0 Å². The molecule has 2 atom stereocenters. The van der Waals surface area contributed by atoms with Crippen LogP contribution in [-0.4, -0.2) is 31.3 Å². The molecule has 1 aliphatic rings. The van der Waals surface area contributed by atoms with Gasteiger partial charge in [0, 0.05) is 17.8 Å². The molecule has 1 aromatic carbocycles. The molecule has 0 spiro atoms. The first kappa shape index (κ1) is 14.5. The first-order valence-corrected chi connectivity index (χ1v) is 8.28. The summed E-state index contributed by atoms with van der Waals surface area (Å²) in [5.41, 5.74) is 1.25. The van der Waals surface area contributed by atoms with E-state index in [2.05, 4.69) is 37.6 Å². The van der Waals surface area contributed by atoms with Gasteiger partial charge in [-0.2, -0.15) is 11.8 Å². The third-order valence-electron chi connectivity index (χ3n) is 3.41. The van der Waals surface area contributed by atoms with Crippen LogP contribution in [0.4, 0.5) is 0 Å². The molecule has 0 aliphatic carbocycles. The van der Waals surface area contributed by atoms with E-state index in [0.29, 0.717) is 25.3 Å². The van der Waals surface area contributed by atoms with Gasteiger partial charge in [-0.3, -0.25) is 0 Å². The second-order valence-electron chi connectivity index (χ2n) is 4.85. The van der Waals surface area contributed by atoms with Crippen molar-refractivity contribution in [3.63, 3.8) is 0 Å². The summed E-state index contributed by atoms with van der Waals surface area (Å²) in [5, 5.41) is 3.67. The zero-order valence-electron chi connectivity index (χ0n) is 11.9. The van der Waals surface area contributed by atoms with Crippen molar-refractivity contribution >= 4 is 11.8 Å². The van der Waals surface area contributed by atoms with E-state index in [9.17, 15) is 0 Å². The second kappa shape index (κ2) is 7.06. The molecule has 0 amide bonds. The summed E-state index contributed by atoms with van der Waals surface area (Å²) < 4.78 is 11.2. The monoisotopic (exact) mass is 281 g/mol. The molecule has 2 rings (SSSR count). The summed E-state index contributed by atoms with van der Waals surface area (Å²) in [7, 11) is 0. The molecule has 1 aromatic rings. The van der Waals surface area contributed by atoms with Gasteiger partial charge in [-0.15, -0.1) is 0 Å². The van der Waals surface area contributed by atoms with E-state index in [1.54, 1.807) is 0 Å². The van der Waals surface area contributed by atoms with Crippen LogP contribution in [0.1, 0.15) is 31.9 Å². The number of hydrogen-bond donors (Lipinski definition) is 1. The Bertz CT molecular complexity index is 411. The molecule has 1 aliphatic heterocycles. The molecular weight excluding hydrogens is 258 g/mol. The van der Waals surface area contributed by atoms with Gasteiger partial charge < -0.3 is 14.8 Å². The Morgan fingerprint density at radius 3 is 2.68 bits per heavy atom. The van der Waals surface area contributed by atoms with Crippen LogP contribution in [0.5, 0.6) is 11.5 Å². The fourth-order valence-corrected chi connectivity index (χ4v) is 3.00. The van der Waals surface area contributed by atoms with Gasteiger partial charge in [-0.05, 0) is 37.3 Å². The van der Waals surface area contributed by atoms with Crippen LogP contribution in [0.15, 0.2) is 18.2 Å². The Hall–Kier alpha value is -0.870. The molecule has 2 unspecified atom stereocenters. The maximum absolute atomic E-state index is 5.64.